The molecule has 0 saturated carbocycles. The van der Waals surface area contributed by atoms with E-state index in [2.05, 4.69) is 0 Å². The predicted octanol–water partition coefficient (Wildman–Crippen LogP) is 4.22. The maximum atomic E-state index is 11.0. The van der Waals surface area contributed by atoms with E-state index < -0.39 is 5.97 Å². The van der Waals surface area contributed by atoms with Gasteiger partial charge in [0.2, 0.25) is 0 Å². The van der Waals surface area contributed by atoms with Crippen LogP contribution >= 0.6 is 0 Å². The van der Waals surface area contributed by atoms with E-state index in [1.807, 2.05) is 37.3 Å². The minimum atomic E-state index is -0.918. The van der Waals surface area contributed by atoms with Crippen molar-refractivity contribution in [3.8, 4) is 16.9 Å². The number of aromatic hydroxyl groups is 1. The second kappa shape index (κ2) is 4.94. The van der Waals surface area contributed by atoms with Crippen LogP contribution in [-0.2, 0) is 0 Å². The van der Waals surface area contributed by atoms with Crippen molar-refractivity contribution in [1.29, 1.82) is 0 Å². The van der Waals surface area contributed by atoms with Gasteiger partial charge in [0, 0.05) is 0 Å². The Bertz CT molecular complexity index is 850. The Morgan fingerprint density at radius 1 is 0.905 bits per heavy atom. The number of carboxylic acid groups (broad SMARTS) is 1. The van der Waals surface area contributed by atoms with Gasteiger partial charge in [-0.05, 0) is 64.7 Å². The number of fused-ring (bicyclic) bond motifs is 1. The molecule has 0 aliphatic heterocycles. The summed E-state index contributed by atoms with van der Waals surface area (Å²) in [6.45, 7) is 1.91. The number of aromatic carboxylic acids is 1. The molecule has 2 N–H and O–H groups in total. The van der Waals surface area contributed by atoms with Crippen LogP contribution in [0.5, 0.6) is 5.75 Å². The summed E-state index contributed by atoms with van der Waals surface area (Å²) in [6.07, 6.45) is 0. The largest absolute Gasteiger partial charge is 0.508 e. The van der Waals surface area contributed by atoms with Gasteiger partial charge in [-0.15, -0.1) is 0 Å². The van der Waals surface area contributed by atoms with E-state index in [4.69, 9.17) is 5.11 Å². The number of carboxylic acids is 1. The molecule has 21 heavy (non-hydrogen) atoms. The number of hydrogen-bond acceptors (Lipinski definition) is 2. The molecule has 0 aromatic heterocycles. The molecule has 3 heteroatoms. The molecule has 0 unspecified atom stereocenters. The van der Waals surface area contributed by atoms with E-state index in [-0.39, 0.29) is 5.75 Å². The maximum absolute atomic E-state index is 11.0. The van der Waals surface area contributed by atoms with Crippen molar-refractivity contribution in [2.24, 2.45) is 0 Å². The summed E-state index contributed by atoms with van der Waals surface area (Å²) >= 11 is 0. The molecule has 0 amide bonds. The van der Waals surface area contributed by atoms with Crippen LogP contribution in [0.1, 0.15) is 15.9 Å². The Kier molecular flexibility index (Phi) is 3.10. The zero-order valence-corrected chi connectivity index (χ0v) is 11.5. The predicted molar refractivity (Wildman–Crippen MR) is 82.7 cm³/mol. The SMILES string of the molecule is Cc1cc(C(=O)O)ccc1-c1ccc2cc(O)ccc2c1. The Morgan fingerprint density at radius 3 is 2.33 bits per heavy atom. The fourth-order valence-electron chi connectivity index (χ4n) is 2.52. The lowest BCUT2D eigenvalue weighted by Gasteiger charge is -2.09. The lowest BCUT2D eigenvalue weighted by Crippen LogP contribution is -1.97. The number of aryl methyl sites for hydroxylation is 1. The quantitative estimate of drug-likeness (QED) is 0.738. The second-order valence-electron chi connectivity index (χ2n) is 5.08. The Morgan fingerprint density at radius 2 is 1.62 bits per heavy atom. The Balaban J connectivity index is 2.12. The first kappa shape index (κ1) is 13.2. The monoisotopic (exact) mass is 278 g/mol. The first-order chi connectivity index (χ1) is 10.0. The normalized spacial score (nSPS) is 10.7. The van der Waals surface area contributed by atoms with E-state index in [0.717, 1.165) is 27.5 Å². The smallest absolute Gasteiger partial charge is 0.335 e. The Labute approximate surface area is 122 Å². The van der Waals surface area contributed by atoms with Crippen molar-refractivity contribution in [2.45, 2.75) is 6.92 Å². The maximum Gasteiger partial charge on any atom is 0.335 e. The number of phenols is 1. The van der Waals surface area contributed by atoms with E-state index >= 15 is 0 Å². The van der Waals surface area contributed by atoms with E-state index in [0.29, 0.717) is 5.56 Å². The molecule has 0 fully saturated rings. The van der Waals surface area contributed by atoms with Crippen LogP contribution < -0.4 is 0 Å². The third-order valence-electron chi connectivity index (χ3n) is 3.61. The summed E-state index contributed by atoms with van der Waals surface area (Å²) in [7, 11) is 0. The number of carbonyl (C=O) groups is 1. The summed E-state index contributed by atoms with van der Waals surface area (Å²) in [6, 6.07) is 16.4. The topological polar surface area (TPSA) is 57.5 Å². The summed E-state index contributed by atoms with van der Waals surface area (Å²) in [4.78, 5) is 11.0. The van der Waals surface area contributed by atoms with Gasteiger partial charge in [0.15, 0.2) is 0 Å². The molecule has 3 aromatic carbocycles. The molecule has 0 heterocycles. The molecule has 0 spiro atoms. The van der Waals surface area contributed by atoms with Crippen LogP contribution in [0.4, 0.5) is 0 Å². The van der Waals surface area contributed by atoms with Crippen LogP contribution in [0.25, 0.3) is 21.9 Å². The first-order valence-corrected chi connectivity index (χ1v) is 6.62. The van der Waals surface area contributed by atoms with Gasteiger partial charge < -0.3 is 10.2 Å². The van der Waals surface area contributed by atoms with Gasteiger partial charge in [0.1, 0.15) is 5.75 Å². The average Bonchev–Trinajstić information content (AvgIpc) is 2.46. The van der Waals surface area contributed by atoms with Gasteiger partial charge in [-0.25, -0.2) is 4.79 Å². The summed E-state index contributed by atoms with van der Waals surface area (Å²) < 4.78 is 0. The van der Waals surface area contributed by atoms with Gasteiger partial charge in [-0.2, -0.15) is 0 Å². The first-order valence-electron chi connectivity index (χ1n) is 6.62. The minimum Gasteiger partial charge on any atom is -0.508 e. The molecule has 3 rings (SSSR count). The summed E-state index contributed by atoms with van der Waals surface area (Å²) in [5.41, 5.74) is 3.26. The molecule has 0 bridgehead atoms. The van der Waals surface area contributed by atoms with Gasteiger partial charge in [-0.3, -0.25) is 0 Å². The van der Waals surface area contributed by atoms with Gasteiger partial charge in [0.25, 0.3) is 0 Å². The van der Waals surface area contributed by atoms with Gasteiger partial charge in [-0.1, -0.05) is 24.3 Å². The highest BCUT2D eigenvalue weighted by Gasteiger charge is 2.08. The van der Waals surface area contributed by atoms with Crippen LogP contribution in [-0.4, -0.2) is 16.2 Å². The van der Waals surface area contributed by atoms with Gasteiger partial charge >= 0.3 is 5.97 Å². The van der Waals surface area contributed by atoms with Crippen molar-refractivity contribution >= 4 is 16.7 Å². The number of hydrogen-bond donors (Lipinski definition) is 2. The molecule has 3 nitrogen and oxygen atoms in total. The zero-order valence-electron chi connectivity index (χ0n) is 11.5. The summed E-state index contributed by atoms with van der Waals surface area (Å²) in [5, 5.41) is 20.5. The van der Waals surface area contributed by atoms with E-state index in [1.165, 1.54) is 0 Å². The van der Waals surface area contributed by atoms with Crippen molar-refractivity contribution in [2.75, 3.05) is 0 Å². The minimum absolute atomic E-state index is 0.247. The molecular formula is C18H14O3. The fraction of sp³-hybridized carbons (Fsp3) is 0.0556. The number of rotatable bonds is 2. The van der Waals surface area contributed by atoms with Crippen molar-refractivity contribution in [1.82, 2.24) is 0 Å². The highest BCUT2D eigenvalue weighted by Crippen LogP contribution is 2.29. The van der Waals surface area contributed by atoms with E-state index in [1.54, 1.807) is 24.3 Å². The van der Waals surface area contributed by atoms with Crippen molar-refractivity contribution in [3.63, 3.8) is 0 Å². The standard InChI is InChI=1S/C18H14O3/c1-11-8-15(18(20)21)5-7-17(11)14-3-2-13-10-16(19)6-4-12(13)9-14/h2-10,19H,1H3,(H,20,21). The molecule has 0 atom stereocenters. The molecular weight excluding hydrogens is 264 g/mol. The van der Waals surface area contributed by atoms with Crippen molar-refractivity contribution < 1.29 is 15.0 Å². The fourth-order valence-corrected chi connectivity index (χ4v) is 2.52. The highest BCUT2D eigenvalue weighted by atomic mass is 16.4. The van der Waals surface area contributed by atoms with Crippen molar-refractivity contribution in [3.05, 3.63) is 65.7 Å². The number of benzene rings is 3. The lowest BCUT2D eigenvalue weighted by atomic mass is 9.96. The van der Waals surface area contributed by atoms with Crippen LogP contribution in [0.15, 0.2) is 54.6 Å². The molecule has 0 aliphatic carbocycles. The Hall–Kier alpha value is -2.81. The highest BCUT2D eigenvalue weighted by molar-refractivity contribution is 5.91. The third-order valence-corrected chi connectivity index (χ3v) is 3.61. The molecule has 3 aromatic rings. The molecule has 0 radical (unpaired) electrons. The zero-order chi connectivity index (χ0) is 15.0. The number of phenolic OH excluding ortho intramolecular Hbond substituents is 1. The van der Waals surface area contributed by atoms with E-state index in [9.17, 15) is 9.90 Å². The van der Waals surface area contributed by atoms with Gasteiger partial charge in [0.05, 0.1) is 5.56 Å². The molecule has 0 saturated heterocycles. The molecule has 104 valence electrons. The second-order valence-corrected chi connectivity index (χ2v) is 5.08. The molecule has 0 aliphatic rings. The average molecular weight is 278 g/mol. The third kappa shape index (κ3) is 2.46. The van der Waals surface area contributed by atoms with Crippen LogP contribution in [0, 0.1) is 6.92 Å². The van der Waals surface area contributed by atoms with Crippen LogP contribution in [0.3, 0.4) is 0 Å². The van der Waals surface area contributed by atoms with Crippen LogP contribution in [0.2, 0.25) is 0 Å². The summed E-state index contributed by atoms with van der Waals surface area (Å²) in [5.74, 6) is -0.670. The lowest BCUT2D eigenvalue weighted by molar-refractivity contribution is 0.0697.